The van der Waals surface area contributed by atoms with E-state index in [9.17, 15) is 5.11 Å². The van der Waals surface area contributed by atoms with Crippen LogP contribution in [0.4, 0.5) is 0 Å². The molecule has 13 heavy (non-hydrogen) atoms. The second-order valence-electron chi connectivity index (χ2n) is 3.54. The maximum Gasteiger partial charge on any atom is 0.119 e. The molecule has 0 aliphatic carbocycles. The highest BCUT2D eigenvalue weighted by Gasteiger charge is 2.03. The Morgan fingerprint density at radius 3 is 2.69 bits per heavy atom. The molecule has 1 aromatic carbocycles. The molecule has 1 heteroatoms. The van der Waals surface area contributed by atoms with E-state index in [1.807, 2.05) is 12.1 Å². The van der Waals surface area contributed by atoms with Crippen LogP contribution in [-0.2, 0) is 6.42 Å². The van der Waals surface area contributed by atoms with Crippen LogP contribution >= 0.6 is 0 Å². The molecule has 1 aromatic rings. The van der Waals surface area contributed by atoms with Crippen molar-refractivity contribution in [3.8, 4) is 5.75 Å². The predicted molar refractivity (Wildman–Crippen MR) is 56.1 cm³/mol. The Balaban J connectivity index is 3.03. The minimum Gasteiger partial charge on any atom is -0.508 e. The van der Waals surface area contributed by atoms with Gasteiger partial charge < -0.3 is 5.11 Å². The molecule has 1 nitrogen and oxygen atoms in total. The summed E-state index contributed by atoms with van der Waals surface area (Å²) in [5.74, 6) is 0.869. The number of aromatic hydroxyl groups is 1. The summed E-state index contributed by atoms with van der Waals surface area (Å²) in [6.07, 6.45) is 2.53. The van der Waals surface area contributed by atoms with Gasteiger partial charge in [0.2, 0.25) is 0 Å². The average Bonchev–Trinajstić information content (AvgIpc) is 2.08. The summed E-state index contributed by atoms with van der Waals surface area (Å²) < 4.78 is 0. The van der Waals surface area contributed by atoms with Gasteiger partial charge in [0.1, 0.15) is 5.75 Å². The van der Waals surface area contributed by atoms with Crippen LogP contribution < -0.4 is 0 Å². The van der Waals surface area contributed by atoms with Gasteiger partial charge in [-0.1, -0.05) is 32.1 Å². The van der Waals surface area contributed by atoms with Crippen LogP contribution in [0.15, 0.2) is 30.9 Å². The zero-order valence-electron chi connectivity index (χ0n) is 8.25. The molecule has 0 bridgehead atoms. The average molecular weight is 176 g/mol. The lowest BCUT2D eigenvalue weighted by atomic mass is 9.99. The molecule has 0 atom stereocenters. The third-order valence-electron chi connectivity index (χ3n) is 2.13. The molecule has 0 aliphatic heterocycles. The molecule has 0 radical (unpaired) electrons. The topological polar surface area (TPSA) is 20.2 Å². The molecule has 0 saturated heterocycles. The Hall–Kier alpha value is -1.24. The highest BCUT2D eigenvalue weighted by atomic mass is 16.3. The number of allylic oxidation sites excluding steroid dienone is 1. The molecular formula is C12H16O. The first-order valence-corrected chi connectivity index (χ1v) is 4.58. The summed E-state index contributed by atoms with van der Waals surface area (Å²) in [4.78, 5) is 0. The monoisotopic (exact) mass is 176 g/mol. The van der Waals surface area contributed by atoms with Crippen LogP contribution in [0, 0.1) is 0 Å². The van der Waals surface area contributed by atoms with E-state index in [4.69, 9.17) is 0 Å². The molecule has 0 saturated carbocycles. The van der Waals surface area contributed by atoms with E-state index < -0.39 is 0 Å². The molecule has 0 unspecified atom stereocenters. The minimum absolute atomic E-state index is 0.365. The number of phenolic OH excluding ortho intramolecular Hbond substituents is 1. The van der Waals surface area contributed by atoms with Gasteiger partial charge in [-0.25, -0.2) is 0 Å². The molecule has 70 valence electrons. The molecule has 0 aromatic heterocycles. The van der Waals surface area contributed by atoms with Crippen molar-refractivity contribution < 1.29 is 5.11 Å². The largest absolute Gasteiger partial charge is 0.508 e. The third kappa shape index (κ3) is 2.35. The smallest absolute Gasteiger partial charge is 0.119 e. The van der Waals surface area contributed by atoms with Crippen LogP contribution in [0.2, 0.25) is 0 Å². The van der Waals surface area contributed by atoms with Crippen molar-refractivity contribution in [3.63, 3.8) is 0 Å². The van der Waals surface area contributed by atoms with Gasteiger partial charge in [-0.05, 0) is 29.5 Å². The van der Waals surface area contributed by atoms with Crippen LogP contribution in [0.3, 0.4) is 0 Å². The van der Waals surface area contributed by atoms with Gasteiger partial charge in [0.15, 0.2) is 0 Å². The van der Waals surface area contributed by atoms with Crippen molar-refractivity contribution >= 4 is 0 Å². The summed E-state index contributed by atoms with van der Waals surface area (Å²) in [5.41, 5.74) is 2.22. The first-order valence-electron chi connectivity index (χ1n) is 4.58. The van der Waals surface area contributed by atoms with Crippen molar-refractivity contribution in [3.05, 3.63) is 42.0 Å². The van der Waals surface area contributed by atoms with Crippen LogP contribution in [0.25, 0.3) is 0 Å². The fraction of sp³-hybridized carbons (Fsp3) is 0.333. The van der Waals surface area contributed by atoms with Crippen LogP contribution in [0.1, 0.15) is 30.9 Å². The number of rotatable bonds is 3. The molecule has 0 spiro atoms. The highest BCUT2D eigenvalue weighted by Crippen LogP contribution is 2.23. The first kappa shape index (κ1) is 9.85. The summed E-state index contributed by atoms with van der Waals surface area (Å²) in [7, 11) is 0. The predicted octanol–water partition coefficient (Wildman–Crippen LogP) is 3.24. The van der Waals surface area contributed by atoms with Gasteiger partial charge in [0.05, 0.1) is 0 Å². The van der Waals surface area contributed by atoms with Crippen molar-refractivity contribution in [2.45, 2.75) is 26.2 Å². The molecule has 0 heterocycles. The van der Waals surface area contributed by atoms with Crippen molar-refractivity contribution in [2.75, 3.05) is 0 Å². The Morgan fingerprint density at radius 2 is 2.15 bits per heavy atom. The molecule has 0 amide bonds. The SMILES string of the molecule is C=CCc1cc(C(C)C)ccc1O. The van der Waals surface area contributed by atoms with Crippen molar-refractivity contribution in [1.29, 1.82) is 0 Å². The number of phenols is 1. The van der Waals surface area contributed by atoms with Crippen LogP contribution in [-0.4, -0.2) is 5.11 Å². The fourth-order valence-electron chi connectivity index (χ4n) is 1.28. The molecule has 1 N–H and O–H groups in total. The summed E-state index contributed by atoms with van der Waals surface area (Å²) in [6.45, 7) is 7.95. The van der Waals surface area contributed by atoms with E-state index in [-0.39, 0.29) is 0 Å². The molecular weight excluding hydrogens is 160 g/mol. The Labute approximate surface area is 79.7 Å². The van der Waals surface area contributed by atoms with Gasteiger partial charge in [0, 0.05) is 0 Å². The summed E-state index contributed by atoms with van der Waals surface area (Å²) in [5, 5.41) is 9.50. The van der Waals surface area contributed by atoms with Crippen molar-refractivity contribution in [1.82, 2.24) is 0 Å². The maximum atomic E-state index is 9.50. The first-order chi connectivity index (χ1) is 6.15. The second-order valence-corrected chi connectivity index (χ2v) is 3.54. The highest BCUT2D eigenvalue weighted by molar-refractivity contribution is 5.38. The standard InChI is InChI=1S/C12H16O/c1-4-5-11-8-10(9(2)3)6-7-12(11)13/h4,6-9,13H,1,5H2,2-3H3. The van der Waals surface area contributed by atoms with E-state index in [0.29, 0.717) is 11.7 Å². The van der Waals surface area contributed by atoms with Crippen molar-refractivity contribution in [2.24, 2.45) is 0 Å². The fourth-order valence-corrected chi connectivity index (χ4v) is 1.28. The quantitative estimate of drug-likeness (QED) is 0.701. The zero-order valence-corrected chi connectivity index (χ0v) is 8.25. The maximum absolute atomic E-state index is 9.50. The zero-order chi connectivity index (χ0) is 9.84. The third-order valence-corrected chi connectivity index (χ3v) is 2.13. The van der Waals surface area contributed by atoms with E-state index in [0.717, 1.165) is 12.0 Å². The normalized spacial score (nSPS) is 10.4. The van der Waals surface area contributed by atoms with E-state index in [1.54, 1.807) is 12.1 Å². The van der Waals surface area contributed by atoms with Gasteiger partial charge in [-0.2, -0.15) is 0 Å². The lowest BCUT2D eigenvalue weighted by Gasteiger charge is -2.08. The number of hydrogen-bond donors (Lipinski definition) is 1. The summed E-state index contributed by atoms with van der Waals surface area (Å²) >= 11 is 0. The number of benzene rings is 1. The molecule has 1 rings (SSSR count). The number of hydrogen-bond acceptors (Lipinski definition) is 1. The van der Waals surface area contributed by atoms with Gasteiger partial charge in [-0.15, -0.1) is 6.58 Å². The van der Waals surface area contributed by atoms with Gasteiger partial charge in [-0.3, -0.25) is 0 Å². The van der Waals surface area contributed by atoms with E-state index in [1.165, 1.54) is 5.56 Å². The Bertz CT molecular complexity index is 300. The van der Waals surface area contributed by atoms with Gasteiger partial charge in [0.25, 0.3) is 0 Å². The van der Waals surface area contributed by atoms with Gasteiger partial charge >= 0.3 is 0 Å². The van der Waals surface area contributed by atoms with Crippen LogP contribution in [0.5, 0.6) is 5.75 Å². The Kier molecular flexibility index (Phi) is 3.13. The summed E-state index contributed by atoms with van der Waals surface area (Å²) in [6, 6.07) is 5.77. The van der Waals surface area contributed by atoms with E-state index in [2.05, 4.69) is 20.4 Å². The molecule has 0 fully saturated rings. The Morgan fingerprint density at radius 1 is 1.46 bits per heavy atom. The lowest BCUT2D eigenvalue weighted by Crippen LogP contribution is -1.90. The second kappa shape index (κ2) is 4.13. The molecule has 0 aliphatic rings. The van der Waals surface area contributed by atoms with E-state index >= 15 is 0 Å². The minimum atomic E-state index is 0.365. The lowest BCUT2D eigenvalue weighted by molar-refractivity contribution is 0.469.